The number of aromatic hydroxyl groups is 2. The molecule has 0 saturated carbocycles. The van der Waals surface area contributed by atoms with E-state index in [2.05, 4.69) is 25.6 Å². The third-order valence-corrected chi connectivity index (χ3v) is 9.88. The lowest BCUT2D eigenvalue weighted by Crippen LogP contribution is -2.09. The Bertz CT molecular complexity index is 2440. The van der Waals surface area contributed by atoms with E-state index in [4.69, 9.17) is 11.6 Å². The minimum absolute atomic E-state index is 0.170. The fraction of sp³-hybridized carbons (Fsp3) is 0. The highest BCUT2D eigenvalue weighted by Gasteiger charge is 2.24. The zero-order valence-corrected chi connectivity index (χ0v) is 26.4. The van der Waals surface area contributed by atoms with Gasteiger partial charge in [0.25, 0.3) is 40.5 Å². The van der Waals surface area contributed by atoms with Crippen LogP contribution in [0.2, 0.25) is 5.28 Å². The third kappa shape index (κ3) is 7.11. The van der Waals surface area contributed by atoms with Crippen molar-refractivity contribution in [2.75, 3.05) is 10.6 Å². The van der Waals surface area contributed by atoms with E-state index in [-0.39, 0.29) is 21.5 Å². The van der Waals surface area contributed by atoms with E-state index in [9.17, 15) is 62.1 Å². The van der Waals surface area contributed by atoms with Crippen LogP contribution in [0.3, 0.4) is 0 Å². The number of phenolic OH excluding ortho intramolecular Hbond substituents is 2. The maximum Gasteiger partial charge on any atom is 0.296 e. The minimum atomic E-state index is -5.08. The Hall–Kier alpha value is -4.46. The molecule has 8 N–H and O–H groups in total. The number of phenols is 2. The van der Waals surface area contributed by atoms with Crippen LogP contribution in [0, 0.1) is 0 Å². The Morgan fingerprint density at radius 1 is 0.511 bits per heavy atom. The summed E-state index contributed by atoms with van der Waals surface area (Å²) in [5.41, 5.74) is -0.987. The fourth-order valence-corrected chi connectivity index (χ4v) is 6.87. The molecule has 47 heavy (non-hydrogen) atoms. The monoisotopic (exact) mass is 749 g/mol. The van der Waals surface area contributed by atoms with Gasteiger partial charge in [0.2, 0.25) is 17.2 Å². The molecule has 0 radical (unpaired) electrons. The lowest BCUT2D eigenvalue weighted by atomic mass is 10.1. The molecular formula is C23H16ClN5O14S4. The molecule has 0 amide bonds. The van der Waals surface area contributed by atoms with Crippen LogP contribution >= 0.6 is 11.6 Å². The zero-order valence-electron chi connectivity index (χ0n) is 22.4. The van der Waals surface area contributed by atoms with E-state index in [0.29, 0.717) is 12.1 Å². The normalized spacial score (nSPS) is 12.8. The number of fused-ring (bicyclic) bond motifs is 2. The molecule has 0 spiro atoms. The molecule has 1 heterocycles. The van der Waals surface area contributed by atoms with E-state index in [0.717, 1.165) is 36.4 Å². The molecule has 0 saturated heterocycles. The highest BCUT2D eigenvalue weighted by molar-refractivity contribution is 7.86. The molecule has 0 aliphatic heterocycles. The highest BCUT2D eigenvalue weighted by atomic mass is 35.5. The quantitative estimate of drug-likeness (QED) is 0.106. The smallest absolute Gasteiger partial charge is 0.296 e. The average molecular weight is 750 g/mol. The third-order valence-electron chi connectivity index (χ3n) is 6.26. The van der Waals surface area contributed by atoms with Gasteiger partial charge in [0.05, 0.1) is 21.2 Å². The molecule has 0 aliphatic rings. The minimum Gasteiger partial charge on any atom is -0.507 e. The van der Waals surface area contributed by atoms with Crippen molar-refractivity contribution in [1.82, 2.24) is 15.0 Å². The summed E-state index contributed by atoms with van der Waals surface area (Å²) >= 11 is 5.98. The van der Waals surface area contributed by atoms with Gasteiger partial charge in [-0.1, -0.05) is 0 Å². The molecule has 19 nitrogen and oxygen atoms in total. The van der Waals surface area contributed by atoms with E-state index in [1.165, 1.54) is 0 Å². The van der Waals surface area contributed by atoms with Gasteiger partial charge in [-0.15, -0.1) is 0 Å². The Morgan fingerprint density at radius 2 is 0.872 bits per heavy atom. The van der Waals surface area contributed by atoms with Gasteiger partial charge in [0, 0.05) is 22.9 Å². The first-order chi connectivity index (χ1) is 21.5. The summed E-state index contributed by atoms with van der Waals surface area (Å²) in [6.45, 7) is 0. The van der Waals surface area contributed by atoms with Crippen LogP contribution in [0.5, 0.6) is 11.5 Å². The summed E-state index contributed by atoms with van der Waals surface area (Å²) in [6, 6.07) is 6.42. The molecule has 5 rings (SSSR count). The largest absolute Gasteiger partial charge is 0.507 e. The van der Waals surface area contributed by atoms with Crippen molar-refractivity contribution in [2.45, 2.75) is 19.6 Å². The summed E-state index contributed by atoms with van der Waals surface area (Å²) in [7, 11) is -19.8. The van der Waals surface area contributed by atoms with E-state index < -0.39 is 100 Å². The van der Waals surface area contributed by atoms with E-state index in [1.54, 1.807) is 0 Å². The second-order valence-corrected chi connectivity index (χ2v) is 15.4. The molecule has 24 heteroatoms. The first-order valence-corrected chi connectivity index (χ1v) is 18.1. The van der Waals surface area contributed by atoms with Gasteiger partial charge < -0.3 is 20.8 Å². The van der Waals surface area contributed by atoms with Crippen molar-refractivity contribution in [3.05, 3.63) is 53.8 Å². The van der Waals surface area contributed by atoms with Gasteiger partial charge in [0.1, 0.15) is 21.3 Å². The van der Waals surface area contributed by atoms with Gasteiger partial charge in [-0.05, 0) is 58.8 Å². The summed E-state index contributed by atoms with van der Waals surface area (Å²) in [5.74, 6) is -2.56. The molecule has 0 bridgehead atoms. The molecule has 0 fully saturated rings. The molecule has 0 aliphatic carbocycles. The van der Waals surface area contributed by atoms with Crippen LogP contribution in [0.25, 0.3) is 21.5 Å². The van der Waals surface area contributed by atoms with Crippen LogP contribution < -0.4 is 10.6 Å². The molecule has 0 atom stereocenters. The number of anilines is 4. The van der Waals surface area contributed by atoms with Gasteiger partial charge in [-0.3, -0.25) is 18.2 Å². The van der Waals surface area contributed by atoms with Crippen LogP contribution in [0.15, 0.2) is 68.1 Å². The van der Waals surface area contributed by atoms with Crippen molar-refractivity contribution in [3.63, 3.8) is 0 Å². The summed E-state index contributed by atoms with van der Waals surface area (Å²) in [4.78, 5) is 8.13. The van der Waals surface area contributed by atoms with Crippen LogP contribution in [0.4, 0.5) is 23.3 Å². The van der Waals surface area contributed by atoms with Crippen LogP contribution in [-0.2, 0) is 40.5 Å². The molecule has 0 unspecified atom stereocenters. The fourth-order valence-electron chi connectivity index (χ4n) is 4.31. The Labute approximate surface area is 268 Å². The number of nitrogens with one attached hydrogen (secondary N) is 2. The van der Waals surface area contributed by atoms with Crippen molar-refractivity contribution in [3.8, 4) is 11.5 Å². The van der Waals surface area contributed by atoms with Gasteiger partial charge in [0.15, 0.2) is 0 Å². The van der Waals surface area contributed by atoms with Gasteiger partial charge >= 0.3 is 0 Å². The predicted octanol–water partition coefficient (Wildman–Crippen LogP) is 2.72. The summed E-state index contributed by atoms with van der Waals surface area (Å²) in [5, 5.41) is 24.2. The number of aromatic nitrogens is 3. The Balaban J connectivity index is 1.62. The summed E-state index contributed by atoms with van der Waals surface area (Å²) in [6.07, 6.45) is 0. The second kappa shape index (κ2) is 11.4. The first-order valence-electron chi connectivity index (χ1n) is 12.0. The number of benzene rings is 4. The molecule has 1 aromatic heterocycles. The van der Waals surface area contributed by atoms with Crippen molar-refractivity contribution < 1.29 is 62.1 Å². The molecular weight excluding hydrogens is 734 g/mol. The Morgan fingerprint density at radius 3 is 1.19 bits per heavy atom. The van der Waals surface area contributed by atoms with Crippen LogP contribution in [0.1, 0.15) is 0 Å². The second-order valence-electron chi connectivity index (χ2n) is 9.43. The van der Waals surface area contributed by atoms with Crippen molar-refractivity contribution in [1.29, 1.82) is 0 Å². The number of hydrogen-bond acceptors (Lipinski definition) is 15. The number of hydrogen-bond donors (Lipinski definition) is 8. The van der Waals surface area contributed by atoms with Crippen molar-refractivity contribution in [2.24, 2.45) is 0 Å². The van der Waals surface area contributed by atoms with E-state index in [1.807, 2.05) is 0 Å². The van der Waals surface area contributed by atoms with Crippen LogP contribution in [-0.4, -0.2) is 77.0 Å². The maximum atomic E-state index is 12.2. The molecule has 5 aromatic rings. The summed E-state index contributed by atoms with van der Waals surface area (Å²) < 4.78 is 133. The topological polar surface area (TPSA) is 321 Å². The average Bonchev–Trinajstić information content (AvgIpc) is 2.90. The zero-order chi connectivity index (χ0) is 34.9. The standard InChI is InChI=1S/C23H16ClN5O14S4/c24-21-27-22(25-15-7-13-9(3-19(15)46(38,39)40)1-11(5-17(13)30)44(32,33)34)29-23(28-21)26-16-8-14-10(4-20(16)47(41,42)43)2-12(6-18(14)31)45(35,36)37/h1-8,30-31H,(H,32,33,34)(H,35,36,37)(H,38,39,40)(H,41,42,43)(H2,25,26,27,28,29). The predicted molar refractivity (Wildman–Crippen MR) is 162 cm³/mol. The van der Waals surface area contributed by atoms with Crippen molar-refractivity contribution >= 4 is 96.9 Å². The molecule has 4 aromatic carbocycles. The van der Waals surface area contributed by atoms with E-state index >= 15 is 0 Å². The highest BCUT2D eigenvalue weighted by Crippen LogP contribution is 2.38. The Kier molecular flexibility index (Phi) is 8.19. The first kappa shape index (κ1) is 33.9. The van der Waals surface area contributed by atoms with Gasteiger partial charge in [-0.2, -0.15) is 48.6 Å². The lowest BCUT2D eigenvalue weighted by molar-refractivity contribution is 0.470. The lowest BCUT2D eigenvalue weighted by Gasteiger charge is -2.14. The SMILES string of the molecule is O=S(=O)(O)c1cc(O)c2cc(Nc3nc(Cl)nc(Nc4cc5c(O)cc(S(=O)(=O)O)cc5cc4S(=O)(=O)O)n3)c(S(=O)(=O)O)cc2c1. The van der Waals surface area contributed by atoms with Gasteiger partial charge in [-0.25, -0.2) is 0 Å². The molecule has 248 valence electrons. The number of halogens is 1. The maximum absolute atomic E-state index is 12.2. The number of rotatable bonds is 8. The number of nitrogens with zero attached hydrogens (tertiary/aromatic N) is 3.